The molecule has 0 aliphatic heterocycles. The number of nitrogens with zero attached hydrogens (tertiary/aromatic N) is 6. The van der Waals surface area contributed by atoms with Crippen LogP contribution in [0.4, 0.5) is 19.0 Å². The molecule has 0 unspecified atom stereocenters. The van der Waals surface area contributed by atoms with E-state index in [1.807, 2.05) is 0 Å². The molecular weight excluding hydrogens is 339 g/mol. The van der Waals surface area contributed by atoms with Crippen LogP contribution in [0.5, 0.6) is 0 Å². The molecule has 0 radical (unpaired) electrons. The fourth-order valence-corrected chi connectivity index (χ4v) is 2.15. The molecule has 2 N–H and O–H groups in total. The first-order chi connectivity index (χ1) is 11.9. The van der Waals surface area contributed by atoms with Gasteiger partial charge in [0.2, 0.25) is 11.6 Å². The highest BCUT2D eigenvalue weighted by Crippen LogP contribution is 2.38. The Labute approximate surface area is 138 Å². The molecule has 0 amide bonds. The fourth-order valence-electron chi connectivity index (χ4n) is 2.15. The largest absolute Gasteiger partial charge is 0.451 e. The van der Waals surface area contributed by atoms with E-state index in [-0.39, 0.29) is 23.1 Å². The van der Waals surface area contributed by atoms with E-state index in [1.165, 1.54) is 6.20 Å². The van der Waals surface area contributed by atoms with Gasteiger partial charge in [0.1, 0.15) is 11.6 Å². The second kappa shape index (κ2) is 5.46. The van der Waals surface area contributed by atoms with Gasteiger partial charge in [-0.25, -0.2) is 19.9 Å². The summed E-state index contributed by atoms with van der Waals surface area (Å²) in [5.74, 6) is 0.101. The van der Waals surface area contributed by atoms with Crippen molar-refractivity contribution in [3.05, 3.63) is 30.2 Å². The summed E-state index contributed by atoms with van der Waals surface area (Å²) in [5.41, 5.74) is 6.45. The minimum Gasteiger partial charge on any atom is -0.383 e. The predicted molar refractivity (Wildman–Crippen MR) is 77.7 cm³/mol. The zero-order chi connectivity index (χ0) is 17.6. The van der Waals surface area contributed by atoms with Gasteiger partial charge in [0.05, 0.1) is 11.1 Å². The van der Waals surface area contributed by atoms with Gasteiger partial charge in [-0.05, 0) is 12.8 Å². The van der Waals surface area contributed by atoms with Crippen LogP contribution in [-0.2, 0) is 6.18 Å². The molecule has 128 valence electrons. The van der Waals surface area contributed by atoms with Gasteiger partial charge >= 0.3 is 6.18 Å². The van der Waals surface area contributed by atoms with Gasteiger partial charge in [-0.3, -0.25) is 0 Å². The zero-order valence-electron chi connectivity index (χ0n) is 12.5. The third-order valence-electron chi connectivity index (χ3n) is 3.60. The predicted octanol–water partition coefficient (Wildman–Crippen LogP) is 2.46. The molecule has 1 saturated carbocycles. The topological polar surface area (TPSA) is 116 Å². The SMILES string of the molecule is Nc1nc(C2CC2)ncc1-c1noc(-c2cnc(C(F)(F)F)nc2)n1. The molecule has 0 aromatic carbocycles. The summed E-state index contributed by atoms with van der Waals surface area (Å²) in [6.45, 7) is 0. The van der Waals surface area contributed by atoms with E-state index >= 15 is 0 Å². The van der Waals surface area contributed by atoms with E-state index in [2.05, 4.69) is 30.1 Å². The Morgan fingerprint density at radius 1 is 1.04 bits per heavy atom. The highest BCUT2D eigenvalue weighted by atomic mass is 19.4. The van der Waals surface area contributed by atoms with Crippen molar-refractivity contribution in [2.45, 2.75) is 24.9 Å². The van der Waals surface area contributed by atoms with Crippen molar-refractivity contribution in [3.8, 4) is 22.8 Å². The van der Waals surface area contributed by atoms with Crippen LogP contribution >= 0.6 is 0 Å². The molecular formula is C14H10F3N7O. The number of anilines is 1. The van der Waals surface area contributed by atoms with Crippen LogP contribution in [0.2, 0.25) is 0 Å². The maximum atomic E-state index is 12.5. The van der Waals surface area contributed by atoms with E-state index in [0.29, 0.717) is 17.3 Å². The number of nitrogen functional groups attached to an aromatic ring is 1. The summed E-state index contributed by atoms with van der Waals surface area (Å²) in [6.07, 6.45) is 0.895. The van der Waals surface area contributed by atoms with Crippen molar-refractivity contribution >= 4 is 5.82 Å². The van der Waals surface area contributed by atoms with Crippen molar-refractivity contribution in [2.24, 2.45) is 0 Å². The fraction of sp³-hybridized carbons (Fsp3) is 0.286. The molecule has 3 aromatic heterocycles. The van der Waals surface area contributed by atoms with Gasteiger partial charge < -0.3 is 10.3 Å². The van der Waals surface area contributed by atoms with E-state index in [9.17, 15) is 13.2 Å². The zero-order valence-corrected chi connectivity index (χ0v) is 12.5. The van der Waals surface area contributed by atoms with Gasteiger partial charge in [0, 0.05) is 24.5 Å². The number of halogens is 3. The standard InChI is InChI=1S/C14H10F3N7O/c15-14(16,17)13-20-3-7(4-21-13)12-23-11(24-25-12)8-5-19-10(6-1-2-6)22-9(8)18/h3-6H,1-2H2,(H2,18,19,22). The van der Waals surface area contributed by atoms with Gasteiger partial charge in [0.25, 0.3) is 5.89 Å². The quantitative estimate of drug-likeness (QED) is 0.766. The number of hydrogen-bond donors (Lipinski definition) is 1. The van der Waals surface area contributed by atoms with Crippen molar-refractivity contribution in [1.29, 1.82) is 0 Å². The monoisotopic (exact) mass is 349 g/mol. The van der Waals surface area contributed by atoms with Crippen molar-refractivity contribution in [1.82, 2.24) is 30.1 Å². The lowest BCUT2D eigenvalue weighted by Crippen LogP contribution is -2.10. The van der Waals surface area contributed by atoms with Crippen LogP contribution in [0.25, 0.3) is 22.8 Å². The minimum absolute atomic E-state index is 0.0330. The first kappa shape index (κ1) is 15.4. The average molecular weight is 349 g/mol. The van der Waals surface area contributed by atoms with Gasteiger partial charge in [-0.15, -0.1) is 0 Å². The summed E-state index contributed by atoms with van der Waals surface area (Å²) in [4.78, 5) is 19.1. The Balaban J connectivity index is 1.62. The van der Waals surface area contributed by atoms with Crippen LogP contribution in [0.15, 0.2) is 23.1 Å². The maximum absolute atomic E-state index is 12.5. The van der Waals surface area contributed by atoms with E-state index in [4.69, 9.17) is 10.3 Å². The smallest absolute Gasteiger partial charge is 0.383 e. The molecule has 3 aromatic rings. The summed E-state index contributed by atoms with van der Waals surface area (Å²) in [6, 6.07) is 0. The summed E-state index contributed by atoms with van der Waals surface area (Å²) < 4.78 is 42.5. The molecule has 1 aliphatic rings. The second-order valence-electron chi connectivity index (χ2n) is 5.52. The molecule has 0 bridgehead atoms. The van der Waals surface area contributed by atoms with Crippen LogP contribution in [0.1, 0.15) is 30.4 Å². The Bertz CT molecular complexity index is 919. The van der Waals surface area contributed by atoms with Crippen LogP contribution in [0.3, 0.4) is 0 Å². The van der Waals surface area contributed by atoms with E-state index < -0.39 is 12.0 Å². The summed E-state index contributed by atoms with van der Waals surface area (Å²) >= 11 is 0. The summed E-state index contributed by atoms with van der Waals surface area (Å²) in [5, 5.41) is 3.76. The number of hydrogen-bond acceptors (Lipinski definition) is 8. The highest BCUT2D eigenvalue weighted by Gasteiger charge is 2.34. The number of aromatic nitrogens is 6. The van der Waals surface area contributed by atoms with E-state index in [1.54, 1.807) is 0 Å². The molecule has 0 spiro atoms. The molecule has 0 atom stereocenters. The Morgan fingerprint density at radius 3 is 2.36 bits per heavy atom. The lowest BCUT2D eigenvalue weighted by atomic mass is 10.2. The van der Waals surface area contributed by atoms with Crippen LogP contribution in [0, 0.1) is 0 Å². The molecule has 1 aliphatic carbocycles. The number of nitrogens with two attached hydrogens (primary N) is 1. The highest BCUT2D eigenvalue weighted by molar-refractivity contribution is 5.68. The first-order valence-electron chi connectivity index (χ1n) is 7.28. The number of alkyl halides is 3. The molecule has 8 nitrogen and oxygen atoms in total. The molecule has 11 heteroatoms. The Kier molecular flexibility index (Phi) is 3.37. The third-order valence-corrected chi connectivity index (χ3v) is 3.60. The minimum atomic E-state index is -4.62. The average Bonchev–Trinajstić information content (AvgIpc) is 3.32. The first-order valence-corrected chi connectivity index (χ1v) is 7.28. The van der Waals surface area contributed by atoms with Crippen molar-refractivity contribution in [2.75, 3.05) is 5.73 Å². The second-order valence-corrected chi connectivity index (χ2v) is 5.52. The van der Waals surface area contributed by atoms with Crippen molar-refractivity contribution < 1.29 is 17.7 Å². The lowest BCUT2D eigenvalue weighted by molar-refractivity contribution is -0.145. The lowest BCUT2D eigenvalue weighted by Gasteiger charge is -2.03. The molecule has 1 fully saturated rings. The molecule has 0 saturated heterocycles. The van der Waals surface area contributed by atoms with Crippen LogP contribution < -0.4 is 5.73 Å². The van der Waals surface area contributed by atoms with Crippen LogP contribution in [-0.4, -0.2) is 30.1 Å². The van der Waals surface area contributed by atoms with Gasteiger partial charge in [-0.1, -0.05) is 5.16 Å². The normalized spacial score (nSPS) is 14.7. The van der Waals surface area contributed by atoms with Crippen molar-refractivity contribution in [3.63, 3.8) is 0 Å². The number of rotatable bonds is 3. The van der Waals surface area contributed by atoms with Gasteiger partial charge in [-0.2, -0.15) is 18.2 Å². The Morgan fingerprint density at radius 2 is 1.76 bits per heavy atom. The van der Waals surface area contributed by atoms with Gasteiger partial charge in [0.15, 0.2) is 0 Å². The molecule has 3 heterocycles. The summed E-state index contributed by atoms with van der Waals surface area (Å²) in [7, 11) is 0. The maximum Gasteiger partial charge on any atom is 0.451 e. The molecule has 25 heavy (non-hydrogen) atoms. The third kappa shape index (κ3) is 2.99. The molecule has 4 rings (SSSR count). The Hall–Kier alpha value is -3.11. The van der Waals surface area contributed by atoms with E-state index in [0.717, 1.165) is 25.2 Å².